The summed E-state index contributed by atoms with van der Waals surface area (Å²) < 4.78 is 0. The van der Waals surface area contributed by atoms with Crippen LogP contribution in [0, 0.1) is 18.8 Å². The van der Waals surface area contributed by atoms with Gasteiger partial charge in [0, 0.05) is 25.6 Å². The van der Waals surface area contributed by atoms with Crippen LogP contribution >= 0.6 is 11.8 Å². The van der Waals surface area contributed by atoms with Crippen molar-refractivity contribution in [3.63, 3.8) is 0 Å². The Kier molecular flexibility index (Phi) is 7.23. The van der Waals surface area contributed by atoms with Gasteiger partial charge in [0.25, 0.3) is 0 Å². The fourth-order valence-corrected chi connectivity index (χ4v) is 6.03. The van der Waals surface area contributed by atoms with Gasteiger partial charge in [-0.05, 0) is 61.5 Å². The zero-order valence-electron chi connectivity index (χ0n) is 19.0. The first-order valence-corrected chi connectivity index (χ1v) is 12.7. The molecule has 0 bridgehead atoms. The second-order valence-corrected chi connectivity index (χ2v) is 10.2. The lowest BCUT2D eigenvalue weighted by molar-refractivity contribution is -0.132. The Hall–Kier alpha value is -2.28. The summed E-state index contributed by atoms with van der Waals surface area (Å²) in [5, 5.41) is 4.69. The molecule has 4 amide bonds. The maximum absolute atomic E-state index is 13.5. The van der Waals surface area contributed by atoms with Crippen molar-refractivity contribution in [2.45, 2.75) is 63.8 Å². The summed E-state index contributed by atoms with van der Waals surface area (Å²) in [6.45, 7) is 5.79. The molecule has 3 aliphatic rings. The smallest absolute Gasteiger partial charge is 0.327 e. The normalized spacial score (nSPS) is 27.6. The number of nitrogens with zero attached hydrogens (tertiary/aromatic N) is 2. The highest BCUT2D eigenvalue weighted by Crippen LogP contribution is 2.37. The first-order chi connectivity index (χ1) is 15.5. The van der Waals surface area contributed by atoms with E-state index in [4.69, 9.17) is 0 Å². The summed E-state index contributed by atoms with van der Waals surface area (Å²) >= 11 is 1.51. The van der Waals surface area contributed by atoms with Crippen molar-refractivity contribution in [3.05, 3.63) is 46.9 Å². The van der Waals surface area contributed by atoms with Crippen LogP contribution in [0.1, 0.15) is 50.2 Å². The van der Waals surface area contributed by atoms with E-state index in [1.54, 1.807) is 0 Å². The van der Waals surface area contributed by atoms with Crippen molar-refractivity contribution in [1.82, 2.24) is 15.1 Å². The van der Waals surface area contributed by atoms with Crippen LogP contribution in [-0.2, 0) is 16.1 Å². The molecule has 1 N–H and O–H groups in total. The number of thioether (sulfide) groups is 1. The molecule has 2 fully saturated rings. The highest BCUT2D eigenvalue weighted by atomic mass is 32.2. The summed E-state index contributed by atoms with van der Waals surface area (Å²) in [6.07, 6.45) is 6.32. The Balaban J connectivity index is 1.42. The average molecular weight is 456 g/mol. The van der Waals surface area contributed by atoms with Crippen LogP contribution in [0.15, 0.2) is 35.7 Å². The van der Waals surface area contributed by atoms with Gasteiger partial charge in [-0.15, -0.1) is 11.8 Å². The maximum atomic E-state index is 13.5. The van der Waals surface area contributed by atoms with Gasteiger partial charge in [0.05, 0.1) is 6.04 Å². The largest absolute Gasteiger partial charge is 0.356 e. The van der Waals surface area contributed by atoms with E-state index in [9.17, 15) is 14.4 Å². The lowest BCUT2D eigenvalue weighted by Gasteiger charge is -2.43. The topological polar surface area (TPSA) is 69.7 Å². The van der Waals surface area contributed by atoms with Gasteiger partial charge in [0.2, 0.25) is 11.8 Å². The zero-order valence-corrected chi connectivity index (χ0v) is 19.8. The van der Waals surface area contributed by atoms with Crippen LogP contribution in [0.5, 0.6) is 0 Å². The van der Waals surface area contributed by atoms with Crippen LogP contribution in [0.3, 0.4) is 0 Å². The van der Waals surface area contributed by atoms with Crippen LogP contribution in [0.25, 0.3) is 0 Å². The standard InChI is InChI=1S/C25H33N3O3S/c1-3-13-26-23(29)19-10-8-18(9-11-19)15-28-24(30)22-21(12-14-32-22)27(25(28)31)16-20-7-5-4-6-17(20)2/h4-7,12,14,18-19,21-22H,3,8-11,13,15-16H2,1-2H3,(H,26,29). The lowest BCUT2D eigenvalue weighted by atomic mass is 9.81. The number of benzene rings is 1. The van der Waals surface area contributed by atoms with Gasteiger partial charge >= 0.3 is 6.03 Å². The Morgan fingerprint density at radius 1 is 1.16 bits per heavy atom. The van der Waals surface area contributed by atoms with Crippen molar-refractivity contribution in [2.75, 3.05) is 13.1 Å². The van der Waals surface area contributed by atoms with Gasteiger partial charge in [-0.1, -0.05) is 37.3 Å². The molecule has 0 radical (unpaired) electrons. The van der Waals surface area contributed by atoms with Crippen LogP contribution < -0.4 is 5.32 Å². The molecule has 2 aliphatic heterocycles. The molecule has 4 rings (SSSR count). The summed E-state index contributed by atoms with van der Waals surface area (Å²) in [5.74, 6) is 0.395. The molecule has 1 aromatic carbocycles. The van der Waals surface area contributed by atoms with Crippen molar-refractivity contribution in [2.24, 2.45) is 11.8 Å². The van der Waals surface area contributed by atoms with E-state index in [1.165, 1.54) is 16.7 Å². The molecule has 6 nitrogen and oxygen atoms in total. The van der Waals surface area contributed by atoms with E-state index in [0.29, 0.717) is 13.1 Å². The number of carbonyl (C=O) groups is 3. The molecule has 2 unspecified atom stereocenters. The van der Waals surface area contributed by atoms with E-state index < -0.39 is 0 Å². The number of urea groups is 1. The predicted octanol–water partition coefficient (Wildman–Crippen LogP) is 4.09. The average Bonchev–Trinajstić information content (AvgIpc) is 3.29. The van der Waals surface area contributed by atoms with Gasteiger partial charge in [-0.3, -0.25) is 14.5 Å². The van der Waals surface area contributed by atoms with E-state index in [0.717, 1.165) is 49.8 Å². The molecular weight excluding hydrogens is 422 g/mol. The van der Waals surface area contributed by atoms with E-state index in [-0.39, 0.29) is 41.0 Å². The molecule has 32 heavy (non-hydrogen) atoms. The quantitative estimate of drug-likeness (QED) is 0.672. The summed E-state index contributed by atoms with van der Waals surface area (Å²) in [5.41, 5.74) is 2.26. The van der Waals surface area contributed by atoms with Crippen LogP contribution in [0.2, 0.25) is 0 Å². The molecule has 172 valence electrons. The Bertz CT molecular complexity index is 894. The fourth-order valence-electron chi connectivity index (χ4n) is 4.96. The summed E-state index contributed by atoms with van der Waals surface area (Å²) in [4.78, 5) is 42.3. The SMILES string of the molecule is CCCNC(=O)C1CCC(CN2C(=O)C3SC=CC3N(Cc3ccccc3C)C2=O)CC1. The van der Waals surface area contributed by atoms with Crippen molar-refractivity contribution < 1.29 is 14.4 Å². The molecular formula is C25H33N3O3S. The highest BCUT2D eigenvalue weighted by molar-refractivity contribution is 8.03. The molecule has 1 saturated carbocycles. The number of fused-ring (bicyclic) bond motifs is 1. The first-order valence-electron chi connectivity index (χ1n) is 11.8. The molecule has 1 aliphatic carbocycles. The number of hydrogen-bond acceptors (Lipinski definition) is 4. The summed E-state index contributed by atoms with van der Waals surface area (Å²) in [7, 11) is 0. The molecule has 1 saturated heterocycles. The van der Waals surface area contributed by atoms with Crippen LogP contribution in [0.4, 0.5) is 4.79 Å². The molecule has 1 aromatic rings. The van der Waals surface area contributed by atoms with Crippen molar-refractivity contribution >= 4 is 29.6 Å². The minimum Gasteiger partial charge on any atom is -0.356 e. The number of amides is 4. The maximum Gasteiger partial charge on any atom is 0.327 e. The third kappa shape index (κ3) is 4.72. The van der Waals surface area contributed by atoms with Gasteiger partial charge in [0.1, 0.15) is 5.25 Å². The van der Waals surface area contributed by atoms with Gasteiger partial charge in [-0.25, -0.2) is 4.79 Å². The third-order valence-electron chi connectivity index (χ3n) is 6.97. The van der Waals surface area contributed by atoms with Gasteiger partial charge < -0.3 is 10.2 Å². The van der Waals surface area contributed by atoms with E-state index in [2.05, 4.69) is 31.3 Å². The van der Waals surface area contributed by atoms with E-state index >= 15 is 0 Å². The molecule has 2 atom stereocenters. The minimum atomic E-state index is -0.257. The summed E-state index contributed by atoms with van der Waals surface area (Å²) in [6, 6.07) is 7.72. The molecule has 0 spiro atoms. The first kappa shape index (κ1) is 22.9. The highest BCUT2D eigenvalue weighted by Gasteiger charge is 2.47. The Morgan fingerprint density at radius 2 is 1.91 bits per heavy atom. The number of aryl methyl sites for hydroxylation is 1. The minimum absolute atomic E-state index is 0.0575. The Labute approximate surface area is 194 Å². The van der Waals surface area contributed by atoms with Crippen LogP contribution in [-0.4, -0.2) is 52.0 Å². The Morgan fingerprint density at radius 3 is 2.62 bits per heavy atom. The zero-order chi connectivity index (χ0) is 22.7. The molecule has 0 aromatic heterocycles. The van der Waals surface area contributed by atoms with Crippen molar-refractivity contribution in [1.29, 1.82) is 0 Å². The van der Waals surface area contributed by atoms with Gasteiger partial charge in [0.15, 0.2) is 0 Å². The molecule has 7 heteroatoms. The monoisotopic (exact) mass is 455 g/mol. The second-order valence-electron chi connectivity index (χ2n) is 9.17. The predicted molar refractivity (Wildman–Crippen MR) is 127 cm³/mol. The number of nitrogens with one attached hydrogen (secondary N) is 1. The van der Waals surface area contributed by atoms with Crippen molar-refractivity contribution in [3.8, 4) is 0 Å². The fraction of sp³-hybridized carbons (Fsp3) is 0.560. The lowest BCUT2D eigenvalue weighted by Crippen LogP contribution is -2.62. The second kappa shape index (κ2) is 10.1. The van der Waals surface area contributed by atoms with Gasteiger partial charge in [-0.2, -0.15) is 0 Å². The number of hydrogen-bond donors (Lipinski definition) is 1. The molecule has 2 heterocycles. The third-order valence-corrected chi connectivity index (χ3v) is 8.05. The number of rotatable bonds is 7. The number of imide groups is 1. The van der Waals surface area contributed by atoms with E-state index in [1.807, 2.05) is 28.5 Å². The number of carbonyl (C=O) groups excluding carboxylic acids is 3.